The number of carbonyl (C=O) groups is 1. The van der Waals surface area contributed by atoms with Crippen molar-refractivity contribution in [3.63, 3.8) is 0 Å². The summed E-state index contributed by atoms with van der Waals surface area (Å²) in [7, 11) is 0. The first kappa shape index (κ1) is 7.37. The normalized spacial score (nSPS) is 10.4. The van der Waals surface area contributed by atoms with Gasteiger partial charge in [-0.05, 0) is 6.07 Å². The molecule has 0 spiro atoms. The van der Waals surface area contributed by atoms with Crippen molar-refractivity contribution in [1.82, 2.24) is 0 Å². The highest BCUT2D eigenvalue weighted by molar-refractivity contribution is 6.35. The van der Waals surface area contributed by atoms with Gasteiger partial charge in [-0.2, -0.15) is 0 Å². The van der Waals surface area contributed by atoms with Crippen LogP contribution in [-0.4, -0.2) is 6.29 Å². The third-order valence-corrected chi connectivity index (χ3v) is 2.01. The van der Waals surface area contributed by atoms with E-state index in [-0.39, 0.29) is 0 Å². The summed E-state index contributed by atoms with van der Waals surface area (Å²) in [5.74, 6) is 0. The van der Waals surface area contributed by atoms with Crippen LogP contribution in [-0.2, 0) is 0 Å². The maximum Gasteiger partial charge on any atom is 0.153 e. The van der Waals surface area contributed by atoms with Gasteiger partial charge in [-0.25, -0.2) is 0 Å². The summed E-state index contributed by atoms with van der Waals surface area (Å²) in [4.78, 5) is 10.5. The van der Waals surface area contributed by atoms with Gasteiger partial charge in [-0.1, -0.05) is 23.7 Å². The third kappa shape index (κ3) is 0.924. The Kier molecular flexibility index (Phi) is 1.62. The van der Waals surface area contributed by atoms with Gasteiger partial charge in [-0.3, -0.25) is 4.79 Å². The molecule has 2 rings (SSSR count). The van der Waals surface area contributed by atoms with Crippen molar-refractivity contribution in [2.24, 2.45) is 0 Å². The number of hydrogen-bond acceptors (Lipinski definition) is 2. The summed E-state index contributed by atoms with van der Waals surface area (Å²) in [6.07, 6.45) is 2.16. The molecule has 0 saturated heterocycles. The van der Waals surface area contributed by atoms with Crippen LogP contribution >= 0.6 is 11.6 Å². The number of benzene rings is 1. The van der Waals surface area contributed by atoms with Gasteiger partial charge in [0.1, 0.15) is 6.26 Å². The topological polar surface area (TPSA) is 30.2 Å². The SMILES string of the molecule is O=Cc1coc2c(Cl)cccc12. The lowest BCUT2D eigenvalue weighted by Crippen LogP contribution is -1.73. The highest BCUT2D eigenvalue weighted by Gasteiger charge is 2.06. The quantitative estimate of drug-likeness (QED) is 0.632. The number of para-hydroxylation sites is 1. The Morgan fingerprint density at radius 1 is 1.42 bits per heavy atom. The number of rotatable bonds is 1. The molecular formula is C9H5ClO2. The van der Waals surface area contributed by atoms with Crippen LogP contribution in [0.4, 0.5) is 0 Å². The molecule has 0 aliphatic heterocycles. The number of furan rings is 1. The van der Waals surface area contributed by atoms with E-state index in [0.29, 0.717) is 16.2 Å². The standard InChI is InChI=1S/C9H5ClO2/c10-8-3-1-2-7-6(4-11)5-12-9(7)8/h1-5H. The molecule has 1 heterocycles. The van der Waals surface area contributed by atoms with Gasteiger partial charge < -0.3 is 4.42 Å². The predicted molar refractivity (Wildman–Crippen MR) is 46.6 cm³/mol. The maximum atomic E-state index is 10.5. The zero-order valence-electron chi connectivity index (χ0n) is 6.08. The van der Waals surface area contributed by atoms with Gasteiger partial charge >= 0.3 is 0 Å². The summed E-state index contributed by atoms with van der Waals surface area (Å²) >= 11 is 5.82. The van der Waals surface area contributed by atoms with Crippen molar-refractivity contribution in [2.75, 3.05) is 0 Å². The van der Waals surface area contributed by atoms with E-state index in [0.717, 1.165) is 11.7 Å². The highest BCUT2D eigenvalue weighted by Crippen LogP contribution is 2.26. The van der Waals surface area contributed by atoms with Crippen LogP contribution in [0.25, 0.3) is 11.0 Å². The maximum absolute atomic E-state index is 10.5. The molecule has 0 unspecified atom stereocenters. The van der Waals surface area contributed by atoms with E-state index >= 15 is 0 Å². The predicted octanol–water partition coefficient (Wildman–Crippen LogP) is 2.90. The van der Waals surface area contributed by atoms with Gasteiger partial charge in [0.25, 0.3) is 0 Å². The molecule has 1 aromatic carbocycles. The molecule has 0 fully saturated rings. The minimum atomic E-state index is 0.528. The zero-order valence-corrected chi connectivity index (χ0v) is 6.84. The highest BCUT2D eigenvalue weighted by atomic mass is 35.5. The zero-order chi connectivity index (χ0) is 8.55. The number of hydrogen-bond donors (Lipinski definition) is 0. The van der Waals surface area contributed by atoms with E-state index in [1.54, 1.807) is 18.2 Å². The Labute approximate surface area is 73.7 Å². The molecule has 3 heteroatoms. The van der Waals surface area contributed by atoms with Crippen molar-refractivity contribution in [1.29, 1.82) is 0 Å². The smallest absolute Gasteiger partial charge is 0.153 e. The van der Waals surface area contributed by atoms with Crippen LogP contribution in [0, 0.1) is 0 Å². The lowest BCUT2D eigenvalue weighted by atomic mass is 10.2. The first-order valence-corrected chi connectivity index (χ1v) is 3.81. The molecule has 0 N–H and O–H groups in total. The summed E-state index contributed by atoms with van der Waals surface area (Å²) in [5, 5.41) is 1.29. The van der Waals surface area contributed by atoms with E-state index in [4.69, 9.17) is 16.0 Å². The average molecular weight is 181 g/mol. The monoisotopic (exact) mass is 180 g/mol. The van der Waals surface area contributed by atoms with E-state index in [1.807, 2.05) is 0 Å². The second kappa shape index (κ2) is 2.64. The lowest BCUT2D eigenvalue weighted by Gasteiger charge is -1.89. The second-order valence-corrected chi connectivity index (χ2v) is 2.83. The second-order valence-electron chi connectivity index (χ2n) is 2.43. The minimum absolute atomic E-state index is 0.528. The molecule has 0 aliphatic rings. The van der Waals surface area contributed by atoms with Crippen LogP contribution in [0.15, 0.2) is 28.9 Å². The first-order valence-electron chi connectivity index (χ1n) is 3.44. The van der Waals surface area contributed by atoms with Gasteiger partial charge in [0, 0.05) is 5.39 Å². The molecule has 60 valence electrons. The Morgan fingerprint density at radius 2 is 2.25 bits per heavy atom. The summed E-state index contributed by atoms with van der Waals surface area (Å²) < 4.78 is 5.11. The summed E-state index contributed by atoms with van der Waals surface area (Å²) in [5.41, 5.74) is 1.11. The fourth-order valence-electron chi connectivity index (χ4n) is 1.13. The van der Waals surface area contributed by atoms with Crippen molar-refractivity contribution in [3.8, 4) is 0 Å². The van der Waals surface area contributed by atoms with Crippen molar-refractivity contribution < 1.29 is 9.21 Å². The molecule has 2 nitrogen and oxygen atoms in total. The Bertz CT molecular complexity index is 431. The summed E-state index contributed by atoms with van der Waals surface area (Å²) in [6, 6.07) is 5.31. The minimum Gasteiger partial charge on any atom is -0.462 e. The van der Waals surface area contributed by atoms with E-state index in [2.05, 4.69) is 0 Å². The fraction of sp³-hybridized carbons (Fsp3) is 0. The van der Waals surface area contributed by atoms with Gasteiger partial charge in [-0.15, -0.1) is 0 Å². The molecule has 0 saturated carbocycles. The molecule has 0 radical (unpaired) electrons. The molecule has 0 atom stereocenters. The van der Waals surface area contributed by atoms with Gasteiger partial charge in [0.05, 0.1) is 10.6 Å². The van der Waals surface area contributed by atoms with Gasteiger partial charge in [0.2, 0.25) is 0 Å². The Morgan fingerprint density at radius 3 is 3.00 bits per heavy atom. The van der Waals surface area contributed by atoms with Crippen LogP contribution in [0.1, 0.15) is 10.4 Å². The molecule has 2 aromatic rings. The molecule has 0 amide bonds. The number of aldehydes is 1. The van der Waals surface area contributed by atoms with Crippen molar-refractivity contribution in [3.05, 3.63) is 35.0 Å². The van der Waals surface area contributed by atoms with Crippen molar-refractivity contribution in [2.45, 2.75) is 0 Å². The van der Waals surface area contributed by atoms with E-state index in [1.165, 1.54) is 6.26 Å². The number of halogens is 1. The lowest BCUT2D eigenvalue weighted by molar-refractivity contribution is 0.112. The van der Waals surface area contributed by atoms with Gasteiger partial charge in [0.15, 0.2) is 11.9 Å². The van der Waals surface area contributed by atoms with Crippen LogP contribution < -0.4 is 0 Å². The first-order chi connectivity index (χ1) is 5.83. The van der Waals surface area contributed by atoms with Crippen LogP contribution in [0.2, 0.25) is 5.02 Å². The molecule has 12 heavy (non-hydrogen) atoms. The summed E-state index contributed by atoms with van der Waals surface area (Å²) in [6.45, 7) is 0. The Balaban J connectivity index is 2.88. The van der Waals surface area contributed by atoms with Crippen LogP contribution in [0.5, 0.6) is 0 Å². The molecule has 0 aliphatic carbocycles. The van der Waals surface area contributed by atoms with Crippen LogP contribution in [0.3, 0.4) is 0 Å². The molecule has 0 bridgehead atoms. The number of carbonyl (C=O) groups excluding carboxylic acids is 1. The molecule has 1 aromatic heterocycles. The Hall–Kier alpha value is -1.28. The van der Waals surface area contributed by atoms with E-state index < -0.39 is 0 Å². The number of fused-ring (bicyclic) bond motifs is 1. The largest absolute Gasteiger partial charge is 0.462 e. The van der Waals surface area contributed by atoms with Crippen molar-refractivity contribution >= 4 is 28.9 Å². The molecular weight excluding hydrogens is 176 g/mol. The van der Waals surface area contributed by atoms with E-state index in [9.17, 15) is 4.79 Å². The third-order valence-electron chi connectivity index (χ3n) is 1.71. The fourth-order valence-corrected chi connectivity index (χ4v) is 1.35. The average Bonchev–Trinajstić information content (AvgIpc) is 2.49.